The molecule has 2 aromatic rings. The van der Waals surface area contributed by atoms with Crippen LogP contribution in [-0.4, -0.2) is 4.57 Å². The van der Waals surface area contributed by atoms with Gasteiger partial charge in [0.05, 0.1) is 11.0 Å². The van der Waals surface area contributed by atoms with Crippen LogP contribution in [-0.2, 0) is 6.54 Å². The Hall–Kier alpha value is -1.06. The minimum absolute atomic E-state index is 0.0226. The summed E-state index contributed by atoms with van der Waals surface area (Å²) in [6.45, 7) is 2.51. The van der Waals surface area contributed by atoms with E-state index < -0.39 is 0 Å². The lowest BCUT2D eigenvalue weighted by Gasteiger charge is -2.08. The molecule has 17 heavy (non-hydrogen) atoms. The Morgan fingerprint density at radius 1 is 1.29 bits per heavy atom. The molecule has 0 saturated heterocycles. The Morgan fingerprint density at radius 2 is 1.94 bits per heavy atom. The first kappa shape index (κ1) is 12.4. The fourth-order valence-electron chi connectivity index (χ4n) is 1.64. The van der Waals surface area contributed by atoms with Gasteiger partial charge >= 0.3 is 0 Å². The lowest BCUT2D eigenvalue weighted by molar-refractivity contribution is 0.750. The maximum Gasteiger partial charge on any atom is 0.265 e. The van der Waals surface area contributed by atoms with Crippen LogP contribution >= 0.6 is 27.5 Å². The van der Waals surface area contributed by atoms with Gasteiger partial charge in [0.15, 0.2) is 0 Å². The Bertz CT molecular complexity index is 589. The standard InChI is InChI=1S/C13H11BrClNO/c1-9-6-12(14)13(17)16(7-9)8-10-2-4-11(15)5-3-10/h2-7H,8H2,1H3. The molecule has 0 N–H and O–H groups in total. The Kier molecular flexibility index (Phi) is 3.69. The van der Waals surface area contributed by atoms with Crippen molar-refractivity contribution in [2.24, 2.45) is 0 Å². The van der Waals surface area contributed by atoms with Crippen molar-refractivity contribution < 1.29 is 0 Å². The van der Waals surface area contributed by atoms with Crippen LogP contribution in [0.25, 0.3) is 0 Å². The summed E-state index contributed by atoms with van der Waals surface area (Å²) in [5.41, 5.74) is 2.07. The number of aryl methyl sites for hydroxylation is 1. The smallest absolute Gasteiger partial charge is 0.265 e. The van der Waals surface area contributed by atoms with E-state index in [2.05, 4.69) is 15.9 Å². The molecule has 88 valence electrons. The van der Waals surface area contributed by atoms with Crippen molar-refractivity contribution in [1.82, 2.24) is 4.57 Å². The van der Waals surface area contributed by atoms with E-state index in [1.54, 1.807) is 4.57 Å². The van der Waals surface area contributed by atoms with E-state index in [0.717, 1.165) is 11.1 Å². The third kappa shape index (κ3) is 2.99. The van der Waals surface area contributed by atoms with Gasteiger partial charge in [-0.1, -0.05) is 23.7 Å². The number of nitrogens with zero attached hydrogens (tertiary/aromatic N) is 1. The zero-order valence-corrected chi connectivity index (χ0v) is 11.6. The number of hydrogen-bond donors (Lipinski definition) is 0. The molecule has 0 unspecified atom stereocenters. The van der Waals surface area contributed by atoms with Gasteiger partial charge in [-0.15, -0.1) is 0 Å². The highest BCUT2D eigenvalue weighted by Crippen LogP contribution is 2.11. The van der Waals surface area contributed by atoms with Crippen LogP contribution in [0.4, 0.5) is 0 Å². The lowest BCUT2D eigenvalue weighted by Crippen LogP contribution is -2.21. The monoisotopic (exact) mass is 311 g/mol. The zero-order chi connectivity index (χ0) is 12.4. The third-order valence-corrected chi connectivity index (χ3v) is 3.27. The van der Waals surface area contributed by atoms with Crippen molar-refractivity contribution in [2.75, 3.05) is 0 Å². The molecule has 4 heteroatoms. The molecular weight excluding hydrogens is 302 g/mol. The average Bonchev–Trinajstić information content (AvgIpc) is 2.28. The highest BCUT2D eigenvalue weighted by molar-refractivity contribution is 9.10. The quantitative estimate of drug-likeness (QED) is 0.830. The molecule has 1 heterocycles. The molecule has 0 atom stereocenters. The molecule has 0 aliphatic carbocycles. The molecule has 2 rings (SSSR count). The van der Waals surface area contributed by atoms with Gasteiger partial charge in [-0.3, -0.25) is 4.79 Å². The topological polar surface area (TPSA) is 22.0 Å². The fraction of sp³-hybridized carbons (Fsp3) is 0.154. The predicted molar refractivity (Wildman–Crippen MR) is 73.7 cm³/mol. The average molecular weight is 313 g/mol. The molecule has 0 bridgehead atoms. The summed E-state index contributed by atoms with van der Waals surface area (Å²) in [6, 6.07) is 9.32. The molecule has 0 amide bonds. The van der Waals surface area contributed by atoms with Crippen LogP contribution in [0.3, 0.4) is 0 Å². The molecule has 0 fully saturated rings. The summed E-state index contributed by atoms with van der Waals surface area (Å²) in [5, 5.41) is 0.700. The van der Waals surface area contributed by atoms with Gasteiger partial charge < -0.3 is 4.57 Å². The predicted octanol–water partition coefficient (Wildman–Crippen LogP) is 3.62. The van der Waals surface area contributed by atoms with E-state index in [4.69, 9.17) is 11.6 Å². The summed E-state index contributed by atoms with van der Waals surface area (Å²) >= 11 is 9.09. The van der Waals surface area contributed by atoms with Crippen LogP contribution in [0, 0.1) is 6.92 Å². The highest BCUT2D eigenvalue weighted by Gasteiger charge is 2.03. The second-order valence-corrected chi connectivity index (χ2v) is 5.22. The Balaban J connectivity index is 2.36. The van der Waals surface area contributed by atoms with E-state index >= 15 is 0 Å². The van der Waals surface area contributed by atoms with Crippen LogP contribution in [0.5, 0.6) is 0 Å². The normalized spacial score (nSPS) is 10.5. The van der Waals surface area contributed by atoms with Gasteiger partial charge in [-0.2, -0.15) is 0 Å². The van der Waals surface area contributed by atoms with E-state index in [9.17, 15) is 4.79 Å². The SMILES string of the molecule is Cc1cc(Br)c(=O)n(Cc2ccc(Cl)cc2)c1. The third-order valence-electron chi connectivity index (χ3n) is 2.45. The van der Waals surface area contributed by atoms with E-state index in [-0.39, 0.29) is 5.56 Å². The number of aromatic nitrogens is 1. The zero-order valence-electron chi connectivity index (χ0n) is 9.28. The van der Waals surface area contributed by atoms with Crippen molar-refractivity contribution >= 4 is 27.5 Å². The Labute approximate surface area is 113 Å². The summed E-state index contributed by atoms with van der Waals surface area (Å²) in [4.78, 5) is 11.9. The van der Waals surface area contributed by atoms with Crippen LogP contribution in [0.2, 0.25) is 5.02 Å². The maximum absolute atomic E-state index is 11.9. The number of benzene rings is 1. The minimum atomic E-state index is -0.0226. The number of hydrogen-bond acceptors (Lipinski definition) is 1. The number of halogens is 2. The molecule has 0 aliphatic heterocycles. The maximum atomic E-state index is 11.9. The van der Waals surface area contributed by atoms with E-state index in [1.165, 1.54) is 0 Å². The first-order valence-corrected chi connectivity index (χ1v) is 6.34. The molecule has 0 saturated carbocycles. The molecule has 1 aromatic carbocycles. The van der Waals surface area contributed by atoms with Gasteiger partial charge in [0.1, 0.15) is 0 Å². The van der Waals surface area contributed by atoms with Gasteiger partial charge in [-0.05, 0) is 52.2 Å². The second-order valence-electron chi connectivity index (χ2n) is 3.92. The van der Waals surface area contributed by atoms with Crippen molar-refractivity contribution in [3.63, 3.8) is 0 Å². The number of rotatable bonds is 2. The molecule has 0 radical (unpaired) electrons. The van der Waals surface area contributed by atoms with Crippen molar-refractivity contribution in [3.8, 4) is 0 Å². The second kappa shape index (κ2) is 5.07. The summed E-state index contributed by atoms with van der Waals surface area (Å²) < 4.78 is 2.27. The van der Waals surface area contributed by atoms with Gasteiger partial charge in [0.25, 0.3) is 5.56 Å². The van der Waals surface area contributed by atoms with Crippen LogP contribution < -0.4 is 5.56 Å². The lowest BCUT2D eigenvalue weighted by atomic mass is 10.2. The number of pyridine rings is 1. The van der Waals surface area contributed by atoms with Gasteiger partial charge in [-0.25, -0.2) is 0 Å². The largest absolute Gasteiger partial charge is 0.310 e. The van der Waals surface area contributed by atoms with Crippen LogP contribution in [0.1, 0.15) is 11.1 Å². The fourth-order valence-corrected chi connectivity index (χ4v) is 2.36. The minimum Gasteiger partial charge on any atom is -0.310 e. The van der Waals surface area contributed by atoms with Gasteiger partial charge in [0.2, 0.25) is 0 Å². The first-order valence-electron chi connectivity index (χ1n) is 5.17. The van der Waals surface area contributed by atoms with E-state index in [1.807, 2.05) is 43.5 Å². The highest BCUT2D eigenvalue weighted by atomic mass is 79.9. The van der Waals surface area contributed by atoms with Gasteiger partial charge in [0, 0.05) is 11.2 Å². The van der Waals surface area contributed by atoms with Crippen molar-refractivity contribution in [3.05, 3.63) is 67.5 Å². The Morgan fingerprint density at radius 3 is 2.59 bits per heavy atom. The van der Waals surface area contributed by atoms with Crippen LogP contribution in [0.15, 0.2) is 45.8 Å². The van der Waals surface area contributed by atoms with Crippen molar-refractivity contribution in [1.29, 1.82) is 0 Å². The molecule has 1 aromatic heterocycles. The first-order chi connectivity index (χ1) is 8.06. The summed E-state index contributed by atoms with van der Waals surface area (Å²) in [7, 11) is 0. The molecule has 0 spiro atoms. The molecule has 0 aliphatic rings. The molecule has 2 nitrogen and oxygen atoms in total. The van der Waals surface area contributed by atoms with E-state index in [0.29, 0.717) is 16.0 Å². The summed E-state index contributed by atoms with van der Waals surface area (Å²) in [5.74, 6) is 0. The van der Waals surface area contributed by atoms with Crippen molar-refractivity contribution in [2.45, 2.75) is 13.5 Å². The molecular formula is C13H11BrClNO. The summed E-state index contributed by atoms with van der Waals surface area (Å²) in [6.07, 6.45) is 1.85.